The second-order valence-electron chi connectivity index (χ2n) is 8.09. The van der Waals surface area contributed by atoms with Gasteiger partial charge >= 0.3 is 0 Å². The third-order valence-corrected chi connectivity index (χ3v) is 6.24. The fourth-order valence-corrected chi connectivity index (χ4v) is 4.19. The van der Waals surface area contributed by atoms with Crippen molar-refractivity contribution in [2.75, 3.05) is 43.9 Å². The number of hydrogen-bond acceptors (Lipinski definition) is 10. The number of carbonyl (C=O) groups is 1. The molecule has 4 aromatic rings. The summed E-state index contributed by atoms with van der Waals surface area (Å²) in [7, 11) is 2.03. The number of benzene rings is 2. The molecule has 174 valence electrons. The van der Waals surface area contributed by atoms with Crippen LogP contribution in [-0.4, -0.2) is 72.8 Å². The molecule has 1 saturated heterocycles. The summed E-state index contributed by atoms with van der Waals surface area (Å²) in [4.78, 5) is 26.1. The molecule has 5 rings (SSSR count). The molecule has 10 nitrogen and oxygen atoms in total. The van der Waals surface area contributed by atoms with Gasteiger partial charge in [0.05, 0.1) is 23.0 Å². The number of anilines is 3. The molecule has 0 bridgehead atoms. The molecule has 0 unspecified atom stereocenters. The van der Waals surface area contributed by atoms with Gasteiger partial charge in [0.25, 0.3) is 5.91 Å². The molecule has 0 aliphatic carbocycles. The van der Waals surface area contributed by atoms with Gasteiger partial charge in [0.1, 0.15) is 0 Å². The SMILES string of the molecule is CN1CCN(C(=O)c2cccc(Nc3nc4nsnc4nc3NCc3ccccc3)c2O)CC1. The minimum Gasteiger partial charge on any atom is -0.505 e. The summed E-state index contributed by atoms with van der Waals surface area (Å²) < 4.78 is 8.36. The maximum atomic E-state index is 13.1. The first kappa shape index (κ1) is 22.0. The Morgan fingerprint density at radius 3 is 2.41 bits per heavy atom. The van der Waals surface area contributed by atoms with Crippen LogP contribution in [0.1, 0.15) is 15.9 Å². The number of aromatic hydroxyl groups is 1. The van der Waals surface area contributed by atoms with Crippen molar-refractivity contribution in [2.24, 2.45) is 0 Å². The van der Waals surface area contributed by atoms with Gasteiger partial charge in [0.2, 0.25) is 11.3 Å². The summed E-state index contributed by atoms with van der Waals surface area (Å²) in [6.45, 7) is 3.38. The van der Waals surface area contributed by atoms with E-state index in [1.54, 1.807) is 23.1 Å². The Labute approximate surface area is 200 Å². The summed E-state index contributed by atoms with van der Waals surface area (Å²) in [5.74, 6) is 0.538. The van der Waals surface area contributed by atoms with Gasteiger partial charge in [0.15, 0.2) is 17.4 Å². The lowest BCUT2D eigenvalue weighted by molar-refractivity contribution is 0.0661. The maximum absolute atomic E-state index is 13.1. The Morgan fingerprint density at radius 1 is 0.971 bits per heavy atom. The van der Waals surface area contributed by atoms with Crippen LogP contribution in [0.15, 0.2) is 48.5 Å². The summed E-state index contributed by atoms with van der Waals surface area (Å²) in [6, 6.07) is 15.0. The third kappa shape index (κ3) is 4.61. The van der Waals surface area contributed by atoms with E-state index in [1.807, 2.05) is 37.4 Å². The average molecular weight is 477 g/mol. The van der Waals surface area contributed by atoms with Gasteiger partial charge < -0.3 is 25.5 Å². The standard InChI is InChI=1S/C23H24N8O2S/c1-30-10-12-31(13-11-30)23(33)16-8-5-9-17(18(16)32)25-20-19(24-14-15-6-3-2-4-7-15)26-21-22(27-20)29-34-28-21/h2-9,32H,10-14H2,1H3,(H,24,26,28)(H,25,27,29). The van der Waals surface area contributed by atoms with Crippen LogP contribution in [0.3, 0.4) is 0 Å². The fraction of sp³-hybridized carbons (Fsp3) is 0.261. The van der Waals surface area contributed by atoms with Crippen molar-refractivity contribution >= 4 is 46.3 Å². The van der Waals surface area contributed by atoms with Gasteiger partial charge in [-0.1, -0.05) is 36.4 Å². The lowest BCUT2D eigenvalue weighted by atomic mass is 10.1. The summed E-state index contributed by atoms with van der Waals surface area (Å²) in [6.07, 6.45) is 0. The number of likely N-dealkylation sites (N-methyl/N-ethyl adjacent to an activating group) is 1. The molecule has 34 heavy (non-hydrogen) atoms. The molecule has 3 heterocycles. The Kier molecular flexibility index (Phi) is 6.19. The van der Waals surface area contributed by atoms with Crippen molar-refractivity contribution in [3.63, 3.8) is 0 Å². The molecule has 3 N–H and O–H groups in total. The van der Waals surface area contributed by atoms with E-state index in [0.29, 0.717) is 48.3 Å². The molecule has 11 heteroatoms. The zero-order valence-corrected chi connectivity index (χ0v) is 19.4. The van der Waals surface area contributed by atoms with Gasteiger partial charge in [-0.3, -0.25) is 4.79 Å². The van der Waals surface area contributed by atoms with Crippen LogP contribution in [0, 0.1) is 0 Å². The number of carbonyl (C=O) groups excluding carboxylic acids is 1. The number of nitrogens with zero attached hydrogens (tertiary/aromatic N) is 6. The minimum absolute atomic E-state index is 0.126. The van der Waals surface area contributed by atoms with E-state index in [-0.39, 0.29) is 17.2 Å². The molecule has 2 aromatic carbocycles. The zero-order valence-electron chi connectivity index (χ0n) is 18.6. The summed E-state index contributed by atoms with van der Waals surface area (Å²) in [5.41, 5.74) is 2.53. The van der Waals surface area contributed by atoms with E-state index in [1.165, 1.54) is 0 Å². The highest BCUT2D eigenvalue weighted by atomic mass is 32.1. The van der Waals surface area contributed by atoms with Crippen molar-refractivity contribution in [1.29, 1.82) is 0 Å². The molecule has 0 saturated carbocycles. The van der Waals surface area contributed by atoms with Crippen LogP contribution in [0.5, 0.6) is 5.75 Å². The summed E-state index contributed by atoms with van der Waals surface area (Å²) >= 11 is 1.03. The van der Waals surface area contributed by atoms with E-state index in [0.717, 1.165) is 30.4 Å². The Hall–Kier alpha value is -3.83. The topological polar surface area (TPSA) is 119 Å². The van der Waals surface area contributed by atoms with Crippen molar-refractivity contribution in [1.82, 2.24) is 28.5 Å². The van der Waals surface area contributed by atoms with Gasteiger partial charge in [-0.05, 0) is 24.7 Å². The summed E-state index contributed by atoms with van der Waals surface area (Å²) in [5, 5.41) is 17.4. The van der Waals surface area contributed by atoms with Gasteiger partial charge in [0, 0.05) is 32.7 Å². The molecule has 1 amide bonds. The first-order valence-electron chi connectivity index (χ1n) is 10.9. The normalized spacial score (nSPS) is 14.3. The second kappa shape index (κ2) is 9.57. The molecule has 0 radical (unpaired) electrons. The van der Waals surface area contributed by atoms with Gasteiger partial charge in [-0.25, -0.2) is 9.97 Å². The molecule has 1 fully saturated rings. The van der Waals surface area contributed by atoms with Crippen molar-refractivity contribution < 1.29 is 9.90 Å². The highest BCUT2D eigenvalue weighted by molar-refractivity contribution is 6.99. The number of hydrogen-bond donors (Lipinski definition) is 3. The van der Waals surface area contributed by atoms with Gasteiger partial charge in [-0.15, -0.1) is 0 Å². The molecular formula is C23H24N8O2S. The first-order valence-corrected chi connectivity index (χ1v) is 11.7. The monoisotopic (exact) mass is 476 g/mol. The predicted molar refractivity (Wildman–Crippen MR) is 132 cm³/mol. The van der Waals surface area contributed by atoms with Crippen LogP contribution in [0.25, 0.3) is 11.3 Å². The van der Waals surface area contributed by atoms with Crippen LogP contribution < -0.4 is 10.6 Å². The number of para-hydroxylation sites is 1. The highest BCUT2D eigenvalue weighted by Gasteiger charge is 2.24. The van der Waals surface area contributed by atoms with E-state index < -0.39 is 0 Å². The Bertz CT molecular complexity index is 1310. The molecule has 1 aliphatic heterocycles. The van der Waals surface area contributed by atoms with E-state index in [2.05, 4.69) is 34.2 Å². The fourth-order valence-electron chi connectivity index (χ4n) is 3.75. The van der Waals surface area contributed by atoms with Gasteiger partial charge in [-0.2, -0.15) is 8.75 Å². The van der Waals surface area contributed by atoms with Crippen LogP contribution in [-0.2, 0) is 6.54 Å². The highest BCUT2D eigenvalue weighted by Crippen LogP contribution is 2.33. The second-order valence-corrected chi connectivity index (χ2v) is 8.62. The third-order valence-electron chi connectivity index (χ3n) is 5.73. The van der Waals surface area contributed by atoms with Crippen molar-refractivity contribution in [2.45, 2.75) is 6.54 Å². The molecule has 0 atom stereocenters. The number of aromatic nitrogens is 4. The number of phenolic OH excluding ortho intramolecular Hbond substituents is 1. The van der Waals surface area contributed by atoms with E-state index in [4.69, 9.17) is 0 Å². The molecule has 2 aromatic heterocycles. The van der Waals surface area contributed by atoms with Crippen LogP contribution in [0.2, 0.25) is 0 Å². The predicted octanol–water partition coefficient (Wildman–Crippen LogP) is 2.93. The molecule has 0 spiro atoms. The van der Waals surface area contributed by atoms with E-state index in [9.17, 15) is 9.90 Å². The number of piperazine rings is 1. The first-order chi connectivity index (χ1) is 16.6. The van der Waals surface area contributed by atoms with E-state index >= 15 is 0 Å². The van der Waals surface area contributed by atoms with Crippen molar-refractivity contribution in [3.05, 3.63) is 59.7 Å². The zero-order chi connectivity index (χ0) is 23.5. The number of phenols is 1. The molecular weight excluding hydrogens is 452 g/mol. The van der Waals surface area contributed by atoms with Crippen LogP contribution >= 0.6 is 11.7 Å². The maximum Gasteiger partial charge on any atom is 0.257 e. The largest absolute Gasteiger partial charge is 0.505 e. The number of fused-ring (bicyclic) bond motifs is 1. The smallest absolute Gasteiger partial charge is 0.257 e. The quantitative estimate of drug-likeness (QED) is 0.361. The van der Waals surface area contributed by atoms with Crippen molar-refractivity contribution in [3.8, 4) is 5.75 Å². The average Bonchev–Trinajstić information content (AvgIpc) is 3.32. The number of rotatable bonds is 6. The number of nitrogens with one attached hydrogen (secondary N) is 2. The minimum atomic E-state index is -0.193. The van der Waals surface area contributed by atoms with Crippen LogP contribution in [0.4, 0.5) is 17.3 Å². The number of amides is 1. The Balaban J connectivity index is 1.42. The Morgan fingerprint density at radius 2 is 1.68 bits per heavy atom. The lowest BCUT2D eigenvalue weighted by Gasteiger charge is -2.32. The lowest BCUT2D eigenvalue weighted by Crippen LogP contribution is -2.47. The molecule has 1 aliphatic rings.